The highest BCUT2D eigenvalue weighted by atomic mass is 16.1. The number of nitrogens with zero attached hydrogens (tertiary/aromatic N) is 4. The molecule has 7 aromatic rings. The second-order valence-electron chi connectivity index (χ2n) is 9.16. The van der Waals surface area contributed by atoms with Crippen LogP contribution in [0.5, 0.6) is 0 Å². The summed E-state index contributed by atoms with van der Waals surface area (Å²) in [7, 11) is 0. The molecule has 7 rings (SSSR count). The first-order valence-corrected chi connectivity index (χ1v) is 12.4. The number of hydrogen-bond donors (Lipinski definition) is 3. The molecule has 0 bridgehead atoms. The Morgan fingerprint density at radius 1 is 0.718 bits per heavy atom. The molecule has 5 aromatic heterocycles. The second-order valence-corrected chi connectivity index (χ2v) is 9.16. The quantitative estimate of drug-likeness (QED) is 0.247. The Morgan fingerprint density at radius 2 is 1.59 bits per heavy atom. The van der Waals surface area contributed by atoms with E-state index in [2.05, 4.69) is 36.3 Å². The van der Waals surface area contributed by atoms with Crippen molar-refractivity contribution >= 4 is 33.5 Å². The maximum absolute atomic E-state index is 12.6. The van der Waals surface area contributed by atoms with Crippen molar-refractivity contribution in [2.24, 2.45) is 0 Å². The largest absolute Gasteiger partial charge is 0.360 e. The zero-order valence-electron chi connectivity index (χ0n) is 20.6. The number of fused-ring (bicyclic) bond motifs is 2. The van der Waals surface area contributed by atoms with Crippen molar-refractivity contribution in [1.82, 2.24) is 29.9 Å². The third-order valence-electron chi connectivity index (χ3n) is 6.67. The zero-order chi connectivity index (χ0) is 26.2. The number of rotatable bonds is 5. The summed E-state index contributed by atoms with van der Waals surface area (Å²) in [5, 5.41) is 3.95. The van der Waals surface area contributed by atoms with Crippen molar-refractivity contribution in [2.45, 2.75) is 0 Å². The molecule has 0 atom stereocenters. The molecule has 39 heavy (non-hydrogen) atoms. The molecule has 0 unspecified atom stereocenters. The summed E-state index contributed by atoms with van der Waals surface area (Å²) < 4.78 is 0. The van der Waals surface area contributed by atoms with Gasteiger partial charge < -0.3 is 15.3 Å². The minimum atomic E-state index is -0.178. The first-order chi connectivity index (χ1) is 19.2. The van der Waals surface area contributed by atoms with Crippen LogP contribution in [0.3, 0.4) is 0 Å². The first-order valence-electron chi connectivity index (χ1n) is 12.4. The standard InChI is InChI=1S/C31H21N7O/c39-31(19-5-2-1-3-6-19)36-23-11-22(14-33-15-23)20-8-9-27-24(12-20)26(17-35-27)30-37-28-18-34-16-25(29(28)38-30)21-7-4-10-32-13-21/h1-18,35H,(H,36,39)(H,37,38). The van der Waals surface area contributed by atoms with Gasteiger partial charge >= 0.3 is 0 Å². The van der Waals surface area contributed by atoms with Crippen LogP contribution in [-0.2, 0) is 0 Å². The van der Waals surface area contributed by atoms with Crippen LogP contribution in [-0.4, -0.2) is 35.8 Å². The third kappa shape index (κ3) is 4.19. The number of imidazole rings is 1. The normalized spacial score (nSPS) is 11.2. The number of aromatic amines is 2. The molecule has 0 aliphatic carbocycles. The van der Waals surface area contributed by atoms with Gasteiger partial charge in [0.05, 0.1) is 29.1 Å². The molecule has 0 radical (unpaired) electrons. The molecule has 1 amide bonds. The SMILES string of the molecule is O=C(Nc1cncc(-c2ccc3[nH]cc(-c4nc5c(-c6cccnc6)cncc5[nH]4)c3c2)c1)c1ccccc1. The van der Waals surface area contributed by atoms with Crippen LogP contribution in [0.15, 0.2) is 110 Å². The fourth-order valence-electron chi connectivity index (χ4n) is 4.75. The van der Waals surface area contributed by atoms with E-state index in [4.69, 9.17) is 4.98 Å². The molecule has 0 aliphatic heterocycles. The number of benzene rings is 2. The second kappa shape index (κ2) is 9.35. The average Bonchev–Trinajstić information content (AvgIpc) is 3.62. The zero-order valence-corrected chi connectivity index (χ0v) is 20.6. The first kappa shape index (κ1) is 22.6. The third-order valence-corrected chi connectivity index (χ3v) is 6.67. The van der Waals surface area contributed by atoms with E-state index in [-0.39, 0.29) is 5.91 Å². The number of pyridine rings is 3. The van der Waals surface area contributed by atoms with Gasteiger partial charge in [-0.3, -0.25) is 19.7 Å². The minimum absolute atomic E-state index is 0.178. The summed E-state index contributed by atoms with van der Waals surface area (Å²) in [6.45, 7) is 0. The van der Waals surface area contributed by atoms with E-state index >= 15 is 0 Å². The summed E-state index contributed by atoms with van der Waals surface area (Å²) in [6, 6.07) is 21.1. The molecular weight excluding hydrogens is 486 g/mol. The van der Waals surface area contributed by atoms with Crippen LogP contribution >= 0.6 is 0 Å². The van der Waals surface area contributed by atoms with Gasteiger partial charge in [-0.25, -0.2) is 4.98 Å². The molecule has 3 N–H and O–H groups in total. The summed E-state index contributed by atoms with van der Waals surface area (Å²) >= 11 is 0. The summed E-state index contributed by atoms with van der Waals surface area (Å²) in [5.41, 5.74) is 8.58. The van der Waals surface area contributed by atoms with Gasteiger partial charge in [0.1, 0.15) is 5.82 Å². The Bertz CT molecular complexity index is 1960. The van der Waals surface area contributed by atoms with Gasteiger partial charge in [0.25, 0.3) is 5.91 Å². The van der Waals surface area contributed by atoms with Gasteiger partial charge in [-0.1, -0.05) is 30.3 Å². The van der Waals surface area contributed by atoms with E-state index in [1.165, 1.54) is 0 Å². The maximum atomic E-state index is 12.6. The van der Waals surface area contributed by atoms with Gasteiger partial charge in [-0.15, -0.1) is 0 Å². The maximum Gasteiger partial charge on any atom is 0.255 e. The number of carbonyl (C=O) groups is 1. The summed E-state index contributed by atoms with van der Waals surface area (Å²) in [4.78, 5) is 37.4. The van der Waals surface area contributed by atoms with E-state index in [9.17, 15) is 4.79 Å². The molecule has 0 saturated carbocycles. The Hall–Kier alpha value is -5.63. The van der Waals surface area contributed by atoms with Gasteiger partial charge in [0.15, 0.2) is 0 Å². The lowest BCUT2D eigenvalue weighted by molar-refractivity contribution is 0.102. The van der Waals surface area contributed by atoms with E-state index in [1.54, 1.807) is 36.9 Å². The number of anilines is 1. The van der Waals surface area contributed by atoms with Crippen LogP contribution in [0.2, 0.25) is 0 Å². The van der Waals surface area contributed by atoms with Crippen molar-refractivity contribution in [1.29, 1.82) is 0 Å². The monoisotopic (exact) mass is 507 g/mol. The smallest absolute Gasteiger partial charge is 0.255 e. The van der Waals surface area contributed by atoms with Crippen molar-refractivity contribution in [3.8, 4) is 33.6 Å². The Kier molecular flexibility index (Phi) is 5.41. The number of aromatic nitrogens is 6. The Labute approximate surface area is 222 Å². The molecule has 0 spiro atoms. The molecule has 186 valence electrons. The van der Waals surface area contributed by atoms with Crippen LogP contribution in [0.1, 0.15) is 10.4 Å². The number of amides is 1. The van der Waals surface area contributed by atoms with E-state index in [0.29, 0.717) is 11.3 Å². The van der Waals surface area contributed by atoms with E-state index < -0.39 is 0 Å². The van der Waals surface area contributed by atoms with Crippen molar-refractivity contribution in [2.75, 3.05) is 5.32 Å². The molecule has 8 nitrogen and oxygen atoms in total. The van der Waals surface area contributed by atoms with E-state index in [1.807, 2.05) is 67.1 Å². The summed E-state index contributed by atoms with van der Waals surface area (Å²) in [5.74, 6) is 0.566. The Morgan fingerprint density at radius 3 is 2.46 bits per heavy atom. The van der Waals surface area contributed by atoms with Gasteiger partial charge in [0, 0.05) is 69.7 Å². The number of H-pyrrole nitrogens is 2. The fourth-order valence-corrected chi connectivity index (χ4v) is 4.75. The lowest BCUT2D eigenvalue weighted by atomic mass is 10.0. The lowest BCUT2D eigenvalue weighted by Crippen LogP contribution is -2.11. The highest BCUT2D eigenvalue weighted by Gasteiger charge is 2.15. The van der Waals surface area contributed by atoms with Gasteiger partial charge in [-0.05, 0) is 42.0 Å². The minimum Gasteiger partial charge on any atom is -0.360 e. The number of nitrogens with one attached hydrogen (secondary N) is 3. The molecule has 0 aliphatic rings. The van der Waals surface area contributed by atoms with Gasteiger partial charge in [0.2, 0.25) is 0 Å². The summed E-state index contributed by atoms with van der Waals surface area (Å²) in [6.07, 6.45) is 12.6. The number of carbonyl (C=O) groups excluding carboxylic acids is 1. The highest BCUT2D eigenvalue weighted by molar-refractivity contribution is 6.04. The Balaban J connectivity index is 1.25. The molecule has 8 heteroatoms. The lowest BCUT2D eigenvalue weighted by Gasteiger charge is -2.08. The molecule has 2 aromatic carbocycles. The molecule has 0 saturated heterocycles. The van der Waals surface area contributed by atoms with Crippen molar-refractivity contribution in [3.05, 3.63) is 116 Å². The molecule has 5 heterocycles. The highest BCUT2D eigenvalue weighted by Crippen LogP contribution is 2.34. The van der Waals surface area contributed by atoms with E-state index in [0.717, 1.165) is 55.6 Å². The van der Waals surface area contributed by atoms with Crippen molar-refractivity contribution < 1.29 is 4.79 Å². The number of hydrogen-bond acceptors (Lipinski definition) is 5. The average molecular weight is 508 g/mol. The van der Waals surface area contributed by atoms with Crippen LogP contribution in [0, 0.1) is 0 Å². The van der Waals surface area contributed by atoms with Crippen molar-refractivity contribution in [3.63, 3.8) is 0 Å². The van der Waals surface area contributed by atoms with Gasteiger partial charge in [-0.2, -0.15) is 0 Å². The molecular formula is C31H21N7O. The van der Waals surface area contributed by atoms with Crippen LogP contribution in [0.4, 0.5) is 5.69 Å². The van der Waals surface area contributed by atoms with Crippen LogP contribution in [0.25, 0.3) is 55.6 Å². The van der Waals surface area contributed by atoms with Crippen LogP contribution < -0.4 is 5.32 Å². The topological polar surface area (TPSA) is 112 Å². The predicted octanol–water partition coefficient (Wildman–Crippen LogP) is 6.48. The fraction of sp³-hybridized carbons (Fsp3) is 0. The predicted molar refractivity (Wildman–Crippen MR) is 152 cm³/mol. The molecule has 0 fully saturated rings.